The van der Waals surface area contributed by atoms with Crippen LogP contribution < -0.4 is 10.6 Å². The van der Waals surface area contributed by atoms with E-state index in [-0.39, 0.29) is 24.9 Å². The highest BCUT2D eigenvalue weighted by Gasteiger charge is 2.18. The zero-order chi connectivity index (χ0) is 13.9. The Hall–Kier alpha value is -1.85. The Morgan fingerprint density at radius 1 is 1.24 bits per heavy atom. The van der Waals surface area contributed by atoms with Crippen molar-refractivity contribution in [1.29, 1.82) is 0 Å². The molecule has 0 unspecified atom stereocenters. The van der Waals surface area contributed by atoms with Crippen LogP contribution in [0.5, 0.6) is 0 Å². The summed E-state index contributed by atoms with van der Waals surface area (Å²) in [7, 11) is 0. The molecular weight excluding hydrogens is 306 g/mol. The lowest BCUT2D eigenvalue weighted by Gasteiger charge is -2.16. The van der Waals surface area contributed by atoms with Crippen molar-refractivity contribution in [2.75, 3.05) is 25.0 Å². The lowest BCUT2D eigenvalue weighted by atomic mass is 10.1. The third-order valence-corrected chi connectivity index (χ3v) is 3.75. The van der Waals surface area contributed by atoms with Gasteiger partial charge in [0, 0.05) is 24.2 Å². The summed E-state index contributed by atoms with van der Waals surface area (Å²) >= 11 is 5.14. The number of hydrogen-bond acceptors (Lipinski definition) is 2. The number of halogens is 1. The van der Waals surface area contributed by atoms with Crippen molar-refractivity contribution in [3.63, 3.8) is 0 Å². The summed E-state index contributed by atoms with van der Waals surface area (Å²) in [5.41, 5.74) is 0.839. The first kappa shape index (κ1) is 15.5. The maximum Gasteiger partial charge on any atom is 0.243 e. The van der Waals surface area contributed by atoms with Crippen LogP contribution in [0.15, 0.2) is 42.5 Å². The van der Waals surface area contributed by atoms with Gasteiger partial charge in [-0.25, -0.2) is 0 Å². The molecule has 4 nitrogen and oxygen atoms in total. The molecule has 0 atom stereocenters. The van der Waals surface area contributed by atoms with Crippen LogP contribution in [0.25, 0.3) is 10.8 Å². The minimum atomic E-state index is -0.0487. The number of carbonyl (C=O) groups excluding carboxylic acids is 1. The van der Waals surface area contributed by atoms with Crippen molar-refractivity contribution in [1.82, 2.24) is 10.2 Å². The van der Waals surface area contributed by atoms with Gasteiger partial charge in [-0.15, -0.1) is 12.4 Å². The molecular formula is C15H16ClN3OS. The highest BCUT2D eigenvalue weighted by atomic mass is 35.5. The number of nitrogens with zero attached hydrogens (tertiary/aromatic N) is 1. The summed E-state index contributed by atoms with van der Waals surface area (Å²) in [6.45, 7) is 1.87. The molecule has 1 saturated heterocycles. The Morgan fingerprint density at radius 2 is 2.00 bits per heavy atom. The third kappa shape index (κ3) is 3.43. The molecule has 1 aliphatic heterocycles. The van der Waals surface area contributed by atoms with Crippen molar-refractivity contribution in [3.8, 4) is 0 Å². The average molecular weight is 322 g/mol. The molecule has 110 valence electrons. The number of nitrogens with one attached hydrogen (secondary N) is 2. The van der Waals surface area contributed by atoms with E-state index in [1.54, 1.807) is 0 Å². The Kier molecular flexibility index (Phi) is 4.98. The highest BCUT2D eigenvalue weighted by molar-refractivity contribution is 7.80. The molecule has 0 spiro atoms. The van der Waals surface area contributed by atoms with Gasteiger partial charge < -0.3 is 15.5 Å². The normalized spacial score (nSPS) is 13.7. The molecule has 1 fully saturated rings. The zero-order valence-electron chi connectivity index (χ0n) is 11.3. The molecule has 1 aliphatic rings. The fourth-order valence-electron chi connectivity index (χ4n) is 2.36. The van der Waals surface area contributed by atoms with Gasteiger partial charge >= 0.3 is 0 Å². The van der Waals surface area contributed by atoms with Crippen LogP contribution in [0.1, 0.15) is 0 Å². The number of fused-ring (bicyclic) bond motifs is 1. The lowest BCUT2D eigenvalue weighted by molar-refractivity contribution is -0.116. The molecule has 2 aromatic carbocycles. The maximum atomic E-state index is 12.1. The van der Waals surface area contributed by atoms with Gasteiger partial charge in [-0.1, -0.05) is 36.4 Å². The molecule has 0 saturated carbocycles. The molecule has 6 heteroatoms. The van der Waals surface area contributed by atoms with E-state index in [4.69, 9.17) is 12.2 Å². The quantitative estimate of drug-likeness (QED) is 0.852. The van der Waals surface area contributed by atoms with Crippen LogP contribution in [0.3, 0.4) is 0 Å². The lowest BCUT2D eigenvalue weighted by Crippen LogP contribution is -2.35. The Bertz CT molecular complexity index is 672. The van der Waals surface area contributed by atoms with Crippen LogP contribution in [0.4, 0.5) is 5.69 Å². The first-order valence-corrected chi connectivity index (χ1v) is 6.95. The first-order valence-electron chi connectivity index (χ1n) is 6.54. The summed E-state index contributed by atoms with van der Waals surface area (Å²) in [5.74, 6) is -0.0487. The van der Waals surface area contributed by atoms with Crippen LogP contribution >= 0.6 is 24.6 Å². The number of thiocarbonyl (C=S) groups is 1. The van der Waals surface area contributed by atoms with Gasteiger partial charge in [0.25, 0.3) is 0 Å². The molecule has 1 heterocycles. The molecule has 0 aliphatic carbocycles. The first-order chi connectivity index (χ1) is 9.74. The zero-order valence-corrected chi connectivity index (χ0v) is 13.0. The van der Waals surface area contributed by atoms with E-state index in [1.165, 1.54) is 0 Å². The molecule has 2 N–H and O–H groups in total. The van der Waals surface area contributed by atoms with Gasteiger partial charge in [0.1, 0.15) is 0 Å². The smallest absolute Gasteiger partial charge is 0.243 e. The topological polar surface area (TPSA) is 44.4 Å². The van der Waals surface area contributed by atoms with Gasteiger partial charge in [0.2, 0.25) is 5.91 Å². The van der Waals surface area contributed by atoms with Crippen LogP contribution in [-0.2, 0) is 4.79 Å². The van der Waals surface area contributed by atoms with E-state index >= 15 is 0 Å². The molecule has 1 amide bonds. The summed E-state index contributed by atoms with van der Waals surface area (Å²) in [4.78, 5) is 14.0. The van der Waals surface area contributed by atoms with Crippen molar-refractivity contribution in [2.24, 2.45) is 0 Å². The monoisotopic (exact) mass is 321 g/mol. The summed E-state index contributed by atoms with van der Waals surface area (Å²) in [6.07, 6.45) is 0. The second-order valence-electron chi connectivity index (χ2n) is 4.73. The minimum absolute atomic E-state index is 0. The number of benzene rings is 2. The summed E-state index contributed by atoms with van der Waals surface area (Å²) in [6, 6.07) is 13.9. The highest BCUT2D eigenvalue weighted by Crippen LogP contribution is 2.22. The molecule has 0 bridgehead atoms. The van der Waals surface area contributed by atoms with E-state index in [0.29, 0.717) is 5.11 Å². The van der Waals surface area contributed by atoms with Gasteiger partial charge in [0.05, 0.1) is 6.54 Å². The molecule has 0 aromatic heterocycles. The van der Waals surface area contributed by atoms with E-state index in [2.05, 4.69) is 10.6 Å². The van der Waals surface area contributed by atoms with Crippen molar-refractivity contribution < 1.29 is 4.79 Å². The fourth-order valence-corrected chi connectivity index (χ4v) is 2.62. The van der Waals surface area contributed by atoms with E-state index in [1.807, 2.05) is 47.4 Å². The number of amides is 1. The van der Waals surface area contributed by atoms with Gasteiger partial charge in [-0.3, -0.25) is 4.79 Å². The number of rotatable bonds is 3. The van der Waals surface area contributed by atoms with Crippen molar-refractivity contribution >= 4 is 52.1 Å². The number of carbonyl (C=O) groups is 1. The van der Waals surface area contributed by atoms with E-state index < -0.39 is 0 Å². The molecule has 2 aromatic rings. The summed E-state index contributed by atoms with van der Waals surface area (Å²) in [5, 5.41) is 8.82. The molecule has 21 heavy (non-hydrogen) atoms. The minimum Gasteiger partial charge on any atom is -0.361 e. The Morgan fingerprint density at radius 3 is 2.76 bits per heavy atom. The SMILES string of the molecule is Cl.O=C(CN1CCNC1=S)Nc1cccc2ccccc12. The largest absolute Gasteiger partial charge is 0.361 e. The van der Waals surface area contributed by atoms with Gasteiger partial charge in [-0.05, 0) is 23.7 Å². The number of anilines is 1. The molecule has 0 radical (unpaired) electrons. The van der Waals surface area contributed by atoms with Gasteiger partial charge in [0.15, 0.2) is 5.11 Å². The number of hydrogen-bond donors (Lipinski definition) is 2. The van der Waals surface area contributed by atoms with Crippen LogP contribution in [0.2, 0.25) is 0 Å². The van der Waals surface area contributed by atoms with Gasteiger partial charge in [-0.2, -0.15) is 0 Å². The standard InChI is InChI=1S/C15H15N3OS.ClH/c19-14(10-18-9-8-16-15(18)20)17-13-7-3-5-11-4-1-2-6-12(11)13;/h1-7H,8-10H2,(H,16,20)(H,17,19);1H. The Labute approximate surface area is 134 Å². The van der Waals surface area contributed by atoms with E-state index in [9.17, 15) is 4.79 Å². The van der Waals surface area contributed by atoms with Crippen LogP contribution in [-0.4, -0.2) is 35.6 Å². The van der Waals surface area contributed by atoms with Crippen LogP contribution in [0, 0.1) is 0 Å². The molecule has 3 rings (SSSR count). The predicted octanol–water partition coefficient (Wildman–Crippen LogP) is 2.39. The predicted molar refractivity (Wildman–Crippen MR) is 92.0 cm³/mol. The van der Waals surface area contributed by atoms with Crippen molar-refractivity contribution in [3.05, 3.63) is 42.5 Å². The van der Waals surface area contributed by atoms with Crippen molar-refractivity contribution in [2.45, 2.75) is 0 Å². The Balaban J connectivity index is 0.00000161. The third-order valence-electron chi connectivity index (χ3n) is 3.34. The average Bonchev–Trinajstić information content (AvgIpc) is 2.85. The second-order valence-corrected chi connectivity index (χ2v) is 5.12. The summed E-state index contributed by atoms with van der Waals surface area (Å²) < 4.78 is 0. The van der Waals surface area contributed by atoms with E-state index in [0.717, 1.165) is 29.5 Å². The fraction of sp³-hybridized carbons (Fsp3) is 0.200. The maximum absolute atomic E-state index is 12.1. The second kappa shape index (κ2) is 6.74.